The fourth-order valence-electron chi connectivity index (χ4n) is 3.42. The highest BCUT2D eigenvalue weighted by molar-refractivity contribution is 14.0. The van der Waals surface area contributed by atoms with E-state index < -0.39 is 0 Å². The minimum absolute atomic E-state index is 0. The molecule has 7 heteroatoms. The maximum absolute atomic E-state index is 11.7. The molecule has 2 N–H and O–H groups in total. The Labute approximate surface area is 179 Å². The van der Waals surface area contributed by atoms with Crippen molar-refractivity contribution in [1.82, 2.24) is 15.5 Å². The molecule has 1 saturated heterocycles. The number of amides is 1. The van der Waals surface area contributed by atoms with Crippen LogP contribution in [0.2, 0.25) is 0 Å². The van der Waals surface area contributed by atoms with Crippen molar-refractivity contribution in [2.75, 3.05) is 51.2 Å². The first-order valence-corrected chi connectivity index (χ1v) is 9.64. The third-order valence-electron chi connectivity index (χ3n) is 5.36. The van der Waals surface area contributed by atoms with E-state index in [1.165, 1.54) is 16.8 Å². The monoisotopic (exact) mass is 485 g/mol. The molecule has 3 rings (SSSR count). The molecule has 1 saturated carbocycles. The van der Waals surface area contributed by atoms with Gasteiger partial charge in [-0.3, -0.25) is 9.79 Å². The summed E-state index contributed by atoms with van der Waals surface area (Å²) in [6.07, 6.45) is 2.09. The number of aliphatic imine (C=N–C) groups is 1. The van der Waals surface area contributed by atoms with E-state index in [1.807, 2.05) is 7.05 Å². The first-order valence-electron chi connectivity index (χ1n) is 9.64. The van der Waals surface area contributed by atoms with Gasteiger partial charge in [-0.25, -0.2) is 0 Å². The number of rotatable bonds is 5. The third kappa shape index (κ3) is 5.73. The topological polar surface area (TPSA) is 60.0 Å². The minimum atomic E-state index is 0. The Morgan fingerprint density at radius 2 is 1.78 bits per heavy atom. The highest BCUT2D eigenvalue weighted by atomic mass is 127. The fraction of sp³-hybridized carbons (Fsp3) is 0.600. The molecule has 150 valence electrons. The van der Waals surface area contributed by atoms with Gasteiger partial charge in [0.15, 0.2) is 5.96 Å². The van der Waals surface area contributed by atoms with E-state index in [1.54, 1.807) is 0 Å². The second kappa shape index (κ2) is 10.1. The van der Waals surface area contributed by atoms with E-state index in [9.17, 15) is 4.79 Å². The van der Waals surface area contributed by atoms with Crippen molar-refractivity contribution < 1.29 is 4.79 Å². The van der Waals surface area contributed by atoms with Crippen LogP contribution in [0.15, 0.2) is 23.2 Å². The third-order valence-corrected chi connectivity index (χ3v) is 5.36. The summed E-state index contributed by atoms with van der Waals surface area (Å²) in [7, 11) is 1.82. The van der Waals surface area contributed by atoms with Crippen LogP contribution in [0.25, 0.3) is 0 Å². The van der Waals surface area contributed by atoms with E-state index >= 15 is 0 Å². The van der Waals surface area contributed by atoms with Crippen molar-refractivity contribution in [3.63, 3.8) is 0 Å². The molecule has 0 radical (unpaired) electrons. The quantitative estimate of drug-likeness (QED) is 0.291. The van der Waals surface area contributed by atoms with Gasteiger partial charge in [-0.15, -0.1) is 24.0 Å². The lowest BCUT2D eigenvalue weighted by Gasteiger charge is -2.38. The first-order chi connectivity index (χ1) is 12.6. The molecular weight excluding hydrogens is 453 g/mol. The number of piperazine rings is 1. The smallest absolute Gasteiger partial charge is 0.223 e. The summed E-state index contributed by atoms with van der Waals surface area (Å²) in [5.74, 6) is 1.39. The molecule has 0 atom stereocenters. The summed E-state index contributed by atoms with van der Waals surface area (Å²) in [5, 5.41) is 6.36. The molecule has 1 aromatic carbocycles. The number of hydrogen-bond donors (Lipinski definition) is 2. The van der Waals surface area contributed by atoms with Gasteiger partial charge in [0.1, 0.15) is 0 Å². The van der Waals surface area contributed by atoms with Crippen LogP contribution in [0, 0.1) is 19.8 Å². The molecule has 1 aliphatic heterocycles. The fourth-order valence-corrected chi connectivity index (χ4v) is 3.42. The van der Waals surface area contributed by atoms with Crippen LogP contribution in [-0.2, 0) is 4.79 Å². The molecule has 0 unspecified atom stereocenters. The summed E-state index contributed by atoms with van der Waals surface area (Å²) >= 11 is 0. The number of benzene rings is 1. The van der Waals surface area contributed by atoms with Crippen molar-refractivity contribution in [3.8, 4) is 0 Å². The van der Waals surface area contributed by atoms with Crippen LogP contribution < -0.4 is 15.5 Å². The lowest BCUT2D eigenvalue weighted by Crippen LogP contribution is -2.53. The molecule has 0 bridgehead atoms. The van der Waals surface area contributed by atoms with Crippen molar-refractivity contribution in [1.29, 1.82) is 0 Å². The molecule has 1 aliphatic carbocycles. The molecule has 1 amide bonds. The van der Waals surface area contributed by atoms with Gasteiger partial charge in [0.2, 0.25) is 5.91 Å². The van der Waals surface area contributed by atoms with E-state index in [-0.39, 0.29) is 35.8 Å². The lowest BCUT2D eigenvalue weighted by molar-refractivity contribution is -0.122. The maximum Gasteiger partial charge on any atom is 0.223 e. The van der Waals surface area contributed by atoms with E-state index in [2.05, 4.69) is 57.5 Å². The Morgan fingerprint density at radius 1 is 1.11 bits per heavy atom. The number of nitrogens with one attached hydrogen (secondary N) is 2. The average Bonchev–Trinajstić information content (AvgIpc) is 3.49. The van der Waals surface area contributed by atoms with Crippen molar-refractivity contribution in [3.05, 3.63) is 29.3 Å². The van der Waals surface area contributed by atoms with Crippen LogP contribution in [0.3, 0.4) is 0 Å². The Kier molecular flexibility index (Phi) is 8.19. The Morgan fingerprint density at radius 3 is 2.41 bits per heavy atom. The van der Waals surface area contributed by atoms with E-state index in [4.69, 9.17) is 0 Å². The molecule has 6 nitrogen and oxygen atoms in total. The lowest BCUT2D eigenvalue weighted by atomic mass is 10.1. The van der Waals surface area contributed by atoms with Gasteiger partial charge in [0.25, 0.3) is 0 Å². The van der Waals surface area contributed by atoms with Gasteiger partial charge in [-0.2, -0.15) is 0 Å². The zero-order valence-corrected chi connectivity index (χ0v) is 19.0. The SMILES string of the molecule is CN=C(NCCNC(=O)C1CC1)N1CCN(c2cccc(C)c2C)CC1.I. The van der Waals surface area contributed by atoms with Crippen LogP contribution in [0.4, 0.5) is 5.69 Å². The molecule has 1 aromatic rings. The second-order valence-corrected chi connectivity index (χ2v) is 7.23. The number of carbonyl (C=O) groups excluding carboxylic acids is 1. The summed E-state index contributed by atoms with van der Waals surface area (Å²) in [4.78, 5) is 20.8. The number of hydrogen-bond acceptors (Lipinski definition) is 3. The summed E-state index contributed by atoms with van der Waals surface area (Å²) in [6, 6.07) is 6.52. The Bertz CT molecular complexity index is 666. The van der Waals surface area contributed by atoms with Gasteiger partial charge >= 0.3 is 0 Å². The van der Waals surface area contributed by atoms with E-state index in [0.29, 0.717) is 13.1 Å². The molecule has 2 aliphatic rings. The maximum atomic E-state index is 11.7. The van der Waals surface area contributed by atoms with Crippen LogP contribution in [0.1, 0.15) is 24.0 Å². The van der Waals surface area contributed by atoms with Crippen molar-refractivity contribution in [2.24, 2.45) is 10.9 Å². The van der Waals surface area contributed by atoms with Crippen LogP contribution in [-0.4, -0.2) is 63.1 Å². The predicted molar refractivity (Wildman–Crippen MR) is 122 cm³/mol. The zero-order chi connectivity index (χ0) is 18.5. The molecule has 0 aromatic heterocycles. The summed E-state index contributed by atoms with van der Waals surface area (Å²) < 4.78 is 0. The highest BCUT2D eigenvalue weighted by Gasteiger charge is 2.29. The van der Waals surface area contributed by atoms with Gasteiger partial charge in [-0.1, -0.05) is 12.1 Å². The minimum Gasteiger partial charge on any atom is -0.368 e. The van der Waals surface area contributed by atoms with E-state index in [0.717, 1.165) is 45.0 Å². The second-order valence-electron chi connectivity index (χ2n) is 7.23. The number of guanidine groups is 1. The normalized spacial score (nSPS) is 17.4. The van der Waals surface area contributed by atoms with Gasteiger partial charge in [-0.05, 0) is 43.9 Å². The number of aryl methyl sites for hydroxylation is 1. The Balaban J connectivity index is 0.00000261. The number of anilines is 1. The standard InChI is InChI=1S/C20H31N5O.HI/c1-15-5-4-6-18(16(15)2)24-11-13-25(14-12-24)20(21-3)23-10-9-22-19(26)17-7-8-17;/h4-6,17H,7-14H2,1-3H3,(H,21,23)(H,22,26);1H. The Hall–Kier alpha value is -1.51. The summed E-state index contributed by atoms with van der Waals surface area (Å²) in [5.41, 5.74) is 4.06. The number of nitrogens with zero attached hydrogens (tertiary/aromatic N) is 3. The van der Waals surface area contributed by atoms with Gasteiger partial charge < -0.3 is 20.4 Å². The zero-order valence-electron chi connectivity index (χ0n) is 16.6. The average molecular weight is 485 g/mol. The van der Waals surface area contributed by atoms with Gasteiger partial charge in [0, 0.05) is 57.9 Å². The van der Waals surface area contributed by atoms with Crippen LogP contribution >= 0.6 is 24.0 Å². The van der Waals surface area contributed by atoms with Crippen molar-refractivity contribution >= 4 is 41.5 Å². The molecule has 1 heterocycles. The molecule has 0 spiro atoms. The molecule has 2 fully saturated rings. The molecule has 27 heavy (non-hydrogen) atoms. The highest BCUT2D eigenvalue weighted by Crippen LogP contribution is 2.28. The summed E-state index contributed by atoms with van der Waals surface area (Å²) in [6.45, 7) is 9.60. The number of carbonyl (C=O) groups is 1. The largest absolute Gasteiger partial charge is 0.368 e. The predicted octanol–water partition coefficient (Wildman–Crippen LogP) is 2.15. The number of halogens is 1. The van der Waals surface area contributed by atoms with Crippen molar-refractivity contribution in [2.45, 2.75) is 26.7 Å². The van der Waals surface area contributed by atoms with Crippen LogP contribution in [0.5, 0.6) is 0 Å². The first kappa shape index (κ1) is 21.8. The van der Waals surface area contributed by atoms with Gasteiger partial charge in [0.05, 0.1) is 0 Å². The molecular formula is C20H32IN5O.